The fourth-order valence-corrected chi connectivity index (χ4v) is 4.77. The first-order chi connectivity index (χ1) is 16.9. The molecule has 0 unspecified atom stereocenters. The molecular formula is C26H24F3N3O3. The van der Waals surface area contributed by atoms with Crippen LogP contribution in [0.3, 0.4) is 0 Å². The van der Waals surface area contributed by atoms with Gasteiger partial charge in [-0.1, -0.05) is 6.07 Å². The molecule has 1 amide bonds. The van der Waals surface area contributed by atoms with Gasteiger partial charge >= 0.3 is 0 Å². The second-order valence-corrected chi connectivity index (χ2v) is 8.78. The highest BCUT2D eigenvalue weighted by Gasteiger charge is 2.40. The van der Waals surface area contributed by atoms with Crippen molar-refractivity contribution < 1.29 is 27.4 Å². The van der Waals surface area contributed by atoms with Gasteiger partial charge < -0.3 is 18.9 Å². The van der Waals surface area contributed by atoms with Gasteiger partial charge in [0.2, 0.25) is 0 Å². The van der Waals surface area contributed by atoms with Crippen LogP contribution in [0, 0.1) is 24.4 Å². The highest BCUT2D eigenvalue weighted by atomic mass is 19.2. The lowest BCUT2D eigenvalue weighted by molar-refractivity contribution is -0.145. The number of ether oxygens (including phenoxy) is 2. The molecule has 9 heteroatoms. The van der Waals surface area contributed by atoms with Gasteiger partial charge in [-0.15, -0.1) is 0 Å². The highest BCUT2D eigenvalue weighted by Crippen LogP contribution is 2.37. The van der Waals surface area contributed by atoms with Crippen LogP contribution in [0.25, 0.3) is 11.8 Å². The zero-order chi connectivity index (χ0) is 24.7. The van der Waals surface area contributed by atoms with E-state index in [1.54, 1.807) is 18.3 Å². The summed E-state index contributed by atoms with van der Waals surface area (Å²) < 4.78 is 54.4. The number of morpholine rings is 1. The van der Waals surface area contributed by atoms with Crippen molar-refractivity contribution in [2.24, 2.45) is 0 Å². The Balaban J connectivity index is 1.46. The molecule has 2 fully saturated rings. The normalized spacial score (nSPS) is 21.3. The van der Waals surface area contributed by atoms with Gasteiger partial charge in [0, 0.05) is 11.8 Å². The number of aryl methyl sites for hydroxylation is 1. The van der Waals surface area contributed by atoms with Gasteiger partial charge in [0.15, 0.2) is 17.5 Å². The predicted molar refractivity (Wildman–Crippen MR) is 123 cm³/mol. The Bertz CT molecular complexity index is 1300. The van der Waals surface area contributed by atoms with Crippen LogP contribution in [0.1, 0.15) is 35.7 Å². The molecule has 2 aromatic carbocycles. The third kappa shape index (κ3) is 4.32. The third-order valence-corrected chi connectivity index (χ3v) is 6.50. The summed E-state index contributed by atoms with van der Waals surface area (Å²) in [6, 6.07) is 6.55. The van der Waals surface area contributed by atoms with E-state index in [-0.39, 0.29) is 24.1 Å². The molecule has 5 rings (SSSR count). The number of nitrogens with zero attached hydrogens (tertiary/aromatic N) is 3. The molecule has 2 aliphatic rings. The van der Waals surface area contributed by atoms with Crippen LogP contribution in [0.15, 0.2) is 48.4 Å². The molecule has 0 radical (unpaired) electrons. The Morgan fingerprint density at radius 1 is 1.14 bits per heavy atom. The Morgan fingerprint density at radius 3 is 2.60 bits per heavy atom. The topological polar surface area (TPSA) is 56.6 Å². The van der Waals surface area contributed by atoms with E-state index in [4.69, 9.17) is 9.47 Å². The summed E-state index contributed by atoms with van der Waals surface area (Å²) in [6.07, 6.45) is 6.58. The molecule has 2 saturated heterocycles. The van der Waals surface area contributed by atoms with Crippen LogP contribution in [-0.4, -0.2) is 46.7 Å². The van der Waals surface area contributed by atoms with Crippen molar-refractivity contribution in [2.75, 3.05) is 20.3 Å². The molecule has 2 aliphatic heterocycles. The number of imidazole rings is 1. The molecule has 2 atom stereocenters. The number of hydrogen-bond acceptors (Lipinski definition) is 4. The van der Waals surface area contributed by atoms with Crippen molar-refractivity contribution in [3.63, 3.8) is 0 Å². The molecule has 3 aromatic rings. The fraction of sp³-hybridized carbons (Fsp3) is 0.308. The van der Waals surface area contributed by atoms with E-state index in [1.165, 1.54) is 0 Å². The lowest BCUT2D eigenvalue weighted by atomic mass is 9.91. The second-order valence-electron chi connectivity index (χ2n) is 8.78. The summed E-state index contributed by atoms with van der Waals surface area (Å²) in [5, 5.41) is 0. The van der Waals surface area contributed by atoms with Crippen LogP contribution < -0.4 is 4.74 Å². The van der Waals surface area contributed by atoms with Crippen LogP contribution in [0.4, 0.5) is 13.2 Å². The molecule has 0 spiro atoms. The molecule has 3 heterocycles. The van der Waals surface area contributed by atoms with E-state index >= 15 is 0 Å². The van der Waals surface area contributed by atoms with E-state index in [0.29, 0.717) is 30.8 Å². The van der Waals surface area contributed by atoms with Crippen LogP contribution in [0.5, 0.6) is 5.75 Å². The van der Waals surface area contributed by atoms with Crippen molar-refractivity contribution >= 4 is 12.0 Å². The molecule has 1 aromatic heterocycles. The highest BCUT2D eigenvalue weighted by molar-refractivity contribution is 5.99. The average Bonchev–Trinajstić information content (AvgIpc) is 3.29. The van der Waals surface area contributed by atoms with Crippen LogP contribution in [0.2, 0.25) is 0 Å². The zero-order valence-electron chi connectivity index (χ0n) is 19.3. The molecule has 0 N–H and O–H groups in total. The summed E-state index contributed by atoms with van der Waals surface area (Å²) in [7, 11) is 1.58. The maximum Gasteiger partial charge on any atom is 0.250 e. The number of piperidine rings is 1. The maximum absolute atomic E-state index is 13.9. The third-order valence-electron chi connectivity index (χ3n) is 6.50. The Labute approximate surface area is 200 Å². The summed E-state index contributed by atoms with van der Waals surface area (Å²) in [5.41, 5.74) is 3.22. The number of methoxy groups -OCH3 is 1. The van der Waals surface area contributed by atoms with Crippen molar-refractivity contribution in [2.45, 2.75) is 31.8 Å². The number of carbonyl (C=O) groups is 1. The Morgan fingerprint density at radius 2 is 1.91 bits per heavy atom. The van der Waals surface area contributed by atoms with Crippen molar-refractivity contribution in [1.29, 1.82) is 0 Å². The van der Waals surface area contributed by atoms with Gasteiger partial charge in [-0.25, -0.2) is 18.2 Å². The summed E-state index contributed by atoms with van der Waals surface area (Å²) in [6.45, 7) is 2.32. The Hall–Kier alpha value is -3.59. The first-order valence-corrected chi connectivity index (χ1v) is 11.3. The molecule has 0 bridgehead atoms. The molecule has 0 aliphatic carbocycles. The van der Waals surface area contributed by atoms with Gasteiger partial charge in [0.1, 0.15) is 5.75 Å². The van der Waals surface area contributed by atoms with Crippen LogP contribution >= 0.6 is 0 Å². The molecule has 182 valence electrons. The SMILES string of the molecule is COc1cc(C=C2CC[C@@H]3COC[C@@H](c4cc(F)c(F)c(F)c4)N3C2=O)ccc1-n1cnc(C)c1. The minimum Gasteiger partial charge on any atom is -0.495 e. The van der Waals surface area contributed by atoms with Crippen LogP contribution in [-0.2, 0) is 9.53 Å². The molecule has 0 saturated carbocycles. The second kappa shape index (κ2) is 9.22. The number of amides is 1. The van der Waals surface area contributed by atoms with E-state index in [9.17, 15) is 18.0 Å². The van der Waals surface area contributed by atoms with Gasteiger partial charge in [-0.05, 0) is 61.2 Å². The largest absolute Gasteiger partial charge is 0.495 e. The number of benzene rings is 2. The van der Waals surface area contributed by atoms with E-state index in [1.807, 2.05) is 42.0 Å². The van der Waals surface area contributed by atoms with E-state index in [0.717, 1.165) is 29.1 Å². The van der Waals surface area contributed by atoms with Crippen molar-refractivity contribution in [3.8, 4) is 11.4 Å². The summed E-state index contributed by atoms with van der Waals surface area (Å²) in [5.74, 6) is -3.71. The zero-order valence-corrected chi connectivity index (χ0v) is 19.3. The number of halogens is 3. The van der Waals surface area contributed by atoms with Gasteiger partial charge in [-0.3, -0.25) is 4.79 Å². The fourth-order valence-electron chi connectivity index (χ4n) is 4.77. The van der Waals surface area contributed by atoms with Crippen molar-refractivity contribution in [1.82, 2.24) is 14.5 Å². The first-order valence-electron chi connectivity index (χ1n) is 11.3. The lowest BCUT2D eigenvalue weighted by Gasteiger charge is -2.45. The number of carbonyl (C=O) groups excluding carboxylic acids is 1. The monoisotopic (exact) mass is 483 g/mol. The predicted octanol–water partition coefficient (Wildman–Crippen LogP) is 4.75. The minimum absolute atomic E-state index is 0.0763. The summed E-state index contributed by atoms with van der Waals surface area (Å²) in [4.78, 5) is 19.4. The number of fused-ring (bicyclic) bond motifs is 1. The quantitative estimate of drug-likeness (QED) is 0.397. The number of aromatic nitrogens is 2. The molecule has 6 nitrogen and oxygen atoms in total. The number of hydrogen-bond donors (Lipinski definition) is 0. The average molecular weight is 483 g/mol. The smallest absolute Gasteiger partial charge is 0.250 e. The Kier molecular flexibility index (Phi) is 6.10. The summed E-state index contributed by atoms with van der Waals surface area (Å²) >= 11 is 0. The maximum atomic E-state index is 13.9. The first kappa shape index (κ1) is 23.2. The standard InChI is InChI=1S/C26H24F3N3O3/c1-15-11-31(14-30-15)22-6-3-16(8-24(22)34-2)7-17-4-5-19-12-35-13-23(32(19)26(17)33)18-9-20(27)25(29)21(28)10-18/h3,6-11,14,19,23H,4-5,12-13H2,1-2H3/t19-,23+/m1/s1. The molecular weight excluding hydrogens is 459 g/mol. The lowest BCUT2D eigenvalue weighted by Crippen LogP contribution is -2.53. The van der Waals surface area contributed by atoms with Crippen molar-refractivity contribution in [3.05, 3.63) is 82.7 Å². The van der Waals surface area contributed by atoms with E-state index in [2.05, 4.69) is 4.98 Å². The van der Waals surface area contributed by atoms with Gasteiger partial charge in [0.05, 0.1) is 50.1 Å². The number of rotatable bonds is 4. The minimum atomic E-state index is -1.53. The van der Waals surface area contributed by atoms with Gasteiger partial charge in [-0.2, -0.15) is 0 Å². The van der Waals surface area contributed by atoms with E-state index < -0.39 is 23.5 Å². The van der Waals surface area contributed by atoms with Gasteiger partial charge in [0.25, 0.3) is 5.91 Å². The molecule has 35 heavy (non-hydrogen) atoms.